The van der Waals surface area contributed by atoms with E-state index in [1.807, 2.05) is 17.2 Å². The SMILES string of the molecule is CCc1cnccc1-c1noc(CC2CCN(CC(F)F)CC2)n1. The molecule has 0 N–H and O–H groups in total. The minimum absolute atomic E-state index is 0.126. The van der Waals surface area contributed by atoms with Gasteiger partial charge in [-0.25, -0.2) is 8.78 Å². The average Bonchev–Trinajstić information content (AvgIpc) is 3.04. The standard InChI is InChI=1S/C17H22F2N4O/c1-2-13-10-20-6-3-14(13)17-21-16(24-22-17)9-12-4-7-23(8-5-12)11-15(18)19/h3,6,10,12,15H,2,4-5,7-9,11H2,1H3. The summed E-state index contributed by atoms with van der Waals surface area (Å²) in [5.74, 6) is 1.63. The minimum atomic E-state index is -2.26. The van der Waals surface area contributed by atoms with Crippen molar-refractivity contribution in [2.24, 2.45) is 5.92 Å². The van der Waals surface area contributed by atoms with Gasteiger partial charge >= 0.3 is 0 Å². The number of alkyl halides is 2. The Morgan fingerprint density at radius 1 is 1.33 bits per heavy atom. The maximum absolute atomic E-state index is 12.4. The number of nitrogens with zero attached hydrogens (tertiary/aromatic N) is 4. The molecule has 0 spiro atoms. The number of pyridine rings is 1. The summed E-state index contributed by atoms with van der Waals surface area (Å²) < 4.78 is 30.2. The number of aryl methyl sites for hydroxylation is 1. The van der Waals surface area contributed by atoms with E-state index in [0.29, 0.717) is 37.1 Å². The van der Waals surface area contributed by atoms with Crippen LogP contribution in [0, 0.1) is 5.92 Å². The molecule has 1 fully saturated rings. The summed E-state index contributed by atoms with van der Waals surface area (Å²) in [6, 6.07) is 1.90. The van der Waals surface area contributed by atoms with Gasteiger partial charge in [-0.3, -0.25) is 9.88 Å². The van der Waals surface area contributed by atoms with Crippen LogP contribution >= 0.6 is 0 Å². The minimum Gasteiger partial charge on any atom is -0.339 e. The highest BCUT2D eigenvalue weighted by atomic mass is 19.3. The van der Waals surface area contributed by atoms with Crippen LogP contribution in [0.2, 0.25) is 0 Å². The first-order valence-corrected chi connectivity index (χ1v) is 8.42. The van der Waals surface area contributed by atoms with Gasteiger partial charge in [-0.2, -0.15) is 4.98 Å². The van der Waals surface area contributed by atoms with Crippen LogP contribution < -0.4 is 0 Å². The lowest BCUT2D eigenvalue weighted by molar-refractivity contribution is 0.0681. The first-order valence-electron chi connectivity index (χ1n) is 8.42. The lowest BCUT2D eigenvalue weighted by Gasteiger charge is -2.30. The van der Waals surface area contributed by atoms with Gasteiger partial charge in [0.2, 0.25) is 11.7 Å². The number of likely N-dealkylation sites (tertiary alicyclic amines) is 1. The third-order valence-corrected chi connectivity index (χ3v) is 4.56. The van der Waals surface area contributed by atoms with Crippen LogP contribution in [0.25, 0.3) is 11.4 Å². The van der Waals surface area contributed by atoms with Crippen molar-refractivity contribution in [2.45, 2.75) is 39.0 Å². The van der Waals surface area contributed by atoms with Crippen LogP contribution in [0.4, 0.5) is 8.78 Å². The molecular weight excluding hydrogens is 314 g/mol. The molecule has 0 aromatic carbocycles. The van der Waals surface area contributed by atoms with E-state index >= 15 is 0 Å². The lowest BCUT2D eigenvalue weighted by atomic mass is 9.93. The van der Waals surface area contributed by atoms with Gasteiger partial charge in [-0.1, -0.05) is 12.1 Å². The molecule has 0 saturated carbocycles. The first kappa shape index (κ1) is 17.0. The van der Waals surface area contributed by atoms with E-state index in [4.69, 9.17) is 4.52 Å². The largest absolute Gasteiger partial charge is 0.339 e. The molecule has 3 heterocycles. The number of aromatic nitrogens is 3. The third kappa shape index (κ3) is 4.14. The van der Waals surface area contributed by atoms with Crippen molar-refractivity contribution in [3.8, 4) is 11.4 Å². The second-order valence-corrected chi connectivity index (χ2v) is 6.24. The first-order chi connectivity index (χ1) is 11.7. The van der Waals surface area contributed by atoms with Crippen molar-refractivity contribution in [2.75, 3.05) is 19.6 Å². The second kappa shape index (κ2) is 7.79. The fraction of sp³-hybridized carbons (Fsp3) is 0.588. The second-order valence-electron chi connectivity index (χ2n) is 6.24. The number of rotatable bonds is 6. The molecule has 2 aromatic rings. The van der Waals surface area contributed by atoms with Gasteiger partial charge in [0.25, 0.3) is 6.43 Å². The monoisotopic (exact) mass is 336 g/mol. The summed E-state index contributed by atoms with van der Waals surface area (Å²) in [4.78, 5) is 10.5. The average molecular weight is 336 g/mol. The molecule has 3 rings (SSSR count). The smallest absolute Gasteiger partial charge is 0.251 e. The van der Waals surface area contributed by atoms with Gasteiger partial charge in [-0.05, 0) is 49.9 Å². The summed E-state index contributed by atoms with van der Waals surface area (Å²) >= 11 is 0. The number of hydrogen-bond acceptors (Lipinski definition) is 5. The van der Waals surface area contributed by atoms with Gasteiger partial charge < -0.3 is 4.52 Å². The third-order valence-electron chi connectivity index (χ3n) is 4.56. The predicted octanol–water partition coefficient (Wildman–Crippen LogP) is 3.21. The normalized spacial score (nSPS) is 16.8. The summed E-state index contributed by atoms with van der Waals surface area (Å²) in [6.07, 6.45) is 4.64. The van der Waals surface area contributed by atoms with E-state index < -0.39 is 6.43 Å². The zero-order chi connectivity index (χ0) is 16.9. The van der Waals surface area contributed by atoms with Crippen LogP contribution in [-0.2, 0) is 12.8 Å². The van der Waals surface area contributed by atoms with Gasteiger partial charge in [-0.15, -0.1) is 0 Å². The van der Waals surface area contributed by atoms with Crippen molar-refractivity contribution in [1.29, 1.82) is 0 Å². The number of hydrogen-bond donors (Lipinski definition) is 0. The van der Waals surface area contributed by atoms with E-state index in [1.165, 1.54) is 0 Å². The van der Waals surface area contributed by atoms with E-state index in [9.17, 15) is 8.78 Å². The molecule has 1 aliphatic rings. The van der Waals surface area contributed by atoms with Crippen molar-refractivity contribution in [1.82, 2.24) is 20.0 Å². The molecule has 0 bridgehead atoms. The molecule has 7 heteroatoms. The Morgan fingerprint density at radius 3 is 2.83 bits per heavy atom. The van der Waals surface area contributed by atoms with E-state index in [1.54, 1.807) is 6.20 Å². The Balaban J connectivity index is 1.59. The number of halogens is 2. The molecule has 2 aromatic heterocycles. The van der Waals surface area contributed by atoms with Gasteiger partial charge in [0, 0.05) is 24.4 Å². The van der Waals surface area contributed by atoms with Gasteiger partial charge in [0.15, 0.2) is 0 Å². The highest BCUT2D eigenvalue weighted by Crippen LogP contribution is 2.24. The van der Waals surface area contributed by atoms with E-state index in [-0.39, 0.29) is 6.54 Å². The van der Waals surface area contributed by atoms with Crippen LogP contribution in [0.3, 0.4) is 0 Å². The molecular formula is C17H22F2N4O. The van der Waals surface area contributed by atoms with Crippen LogP contribution in [0.1, 0.15) is 31.2 Å². The summed E-state index contributed by atoms with van der Waals surface area (Å²) in [5.41, 5.74) is 2.04. The molecule has 24 heavy (non-hydrogen) atoms. The van der Waals surface area contributed by atoms with Gasteiger partial charge in [0.05, 0.1) is 6.54 Å². The fourth-order valence-electron chi connectivity index (χ4n) is 3.19. The topological polar surface area (TPSA) is 55.1 Å². The molecule has 130 valence electrons. The summed E-state index contributed by atoms with van der Waals surface area (Å²) in [6.45, 7) is 3.36. The molecule has 0 aliphatic carbocycles. The molecule has 0 radical (unpaired) electrons. The Bertz CT molecular complexity index is 654. The van der Waals surface area contributed by atoms with Crippen molar-refractivity contribution in [3.05, 3.63) is 29.9 Å². The highest BCUT2D eigenvalue weighted by molar-refractivity contribution is 5.58. The zero-order valence-corrected chi connectivity index (χ0v) is 13.8. The Labute approximate surface area is 140 Å². The summed E-state index contributed by atoms with van der Waals surface area (Å²) in [5, 5.41) is 4.09. The van der Waals surface area contributed by atoms with Crippen molar-refractivity contribution >= 4 is 0 Å². The maximum Gasteiger partial charge on any atom is 0.251 e. The van der Waals surface area contributed by atoms with Crippen molar-refractivity contribution in [3.63, 3.8) is 0 Å². The molecule has 0 atom stereocenters. The van der Waals surface area contributed by atoms with Crippen LogP contribution in [-0.4, -0.2) is 46.1 Å². The van der Waals surface area contributed by atoms with Gasteiger partial charge in [0.1, 0.15) is 0 Å². The quantitative estimate of drug-likeness (QED) is 0.811. The molecule has 5 nitrogen and oxygen atoms in total. The van der Waals surface area contributed by atoms with E-state index in [0.717, 1.165) is 30.4 Å². The van der Waals surface area contributed by atoms with Crippen LogP contribution in [0.5, 0.6) is 0 Å². The molecule has 0 unspecified atom stereocenters. The Morgan fingerprint density at radius 2 is 2.12 bits per heavy atom. The fourth-order valence-corrected chi connectivity index (χ4v) is 3.19. The Kier molecular flexibility index (Phi) is 5.50. The molecule has 1 aliphatic heterocycles. The molecule has 1 saturated heterocycles. The zero-order valence-electron chi connectivity index (χ0n) is 13.8. The predicted molar refractivity (Wildman–Crippen MR) is 85.8 cm³/mol. The van der Waals surface area contributed by atoms with Crippen LogP contribution in [0.15, 0.2) is 23.0 Å². The molecule has 0 amide bonds. The highest BCUT2D eigenvalue weighted by Gasteiger charge is 2.23. The maximum atomic E-state index is 12.4. The Hall–Kier alpha value is -1.89. The lowest BCUT2D eigenvalue weighted by Crippen LogP contribution is -2.37. The van der Waals surface area contributed by atoms with Crippen molar-refractivity contribution < 1.29 is 13.3 Å². The van der Waals surface area contributed by atoms with E-state index in [2.05, 4.69) is 22.0 Å². The number of piperidine rings is 1. The summed E-state index contributed by atoms with van der Waals surface area (Å²) in [7, 11) is 0.